The van der Waals surface area contributed by atoms with E-state index in [1.165, 1.54) is 21.9 Å². The molecule has 6 aromatic rings. The Morgan fingerprint density at radius 1 is 0.794 bits per heavy atom. The number of hydrogen-bond donors (Lipinski definition) is 0. The first-order valence-corrected chi connectivity index (χ1v) is 11.4. The molecule has 6 rings (SSSR count). The summed E-state index contributed by atoms with van der Waals surface area (Å²) in [5.74, 6) is 0.591. The number of hydrogen-bond acceptors (Lipinski definition) is 2. The molecule has 0 saturated carbocycles. The van der Waals surface area contributed by atoms with Crippen LogP contribution in [0.2, 0.25) is 0 Å². The van der Waals surface area contributed by atoms with Crippen LogP contribution >= 0.6 is 0 Å². The van der Waals surface area contributed by atoms with Gasteiger partial charge in [0.1, 0.15) is 18.2 Å². The fourth-order valence-corrected chi connectivity index (χ4v) is 4.85. The van der Waals surface area contributed by atoms with Gasteiger partial charge in [0, 0.05) is 29.0 Å². The van der Waals surface area contributed by atoms with Crippen molar-refractivity contribution in [1.29, 1.82) is 5.26 Å². The van der Waals surface area contributed by atoms with E-state index < -0.39 is 0 Å². The van der Waals surface area contributed by atoms with E-state index in [1.54, 1.807) is 0 Å². The summed E-state index contributed by atoms with van der Waals surface area (Å²) in [7, 11) is 0. The number of benzene rings is 3. The Morgan fingerprint density at radius 3 is 2.21 bits per heavy atom. The van der Waals surface area contributed by atoms with Crippen molar-refractivity contribution in [2.75, 3.05) is 0 Å². The Kier molecular flexibility index (Phi) is 4.82. The zero-order valence-corrected chi connectivity index (χ0v) is 18.9. The molecule has 3 heterocycles. The number of nitrogens with zero attached hydrogens (tertiary/aromatic N) is 3. The molecule has 0 amide bonds. The first-order chi connectivity index (χ1) is 16.7. The predicted octanol–water partition coefficient (Wildman–Crippen LogP) is 6.85. The number of aromatic nitrogens is 2. The second-order valence-electron chi connectivity index (χ2n) is 8.63. The van der Waals surface area contributed by atoms with Gasteiger partial charge in [0.15, 0.2) is 0 Å². The highest BCUT2D eigenvalue weighted by atomic mass is 16.5. The minimum Gasteiger partial charge on any atom is -0.473 e. The predicted molar refractivity (Wildman–Crippen MR) is 136 cm³/mol. The van der Waals surface area contributed by atoms with Crippen LogP contribution in [0.25, 0.3) is 27.3 Å². The Labute approximate surface area is 197 Å². The van der Waals surface area contributed by atoms with E-state index in [0.29, 0.717) is 18.1 Å². The third-order valence-electron chi connectivity index (χ3n) is 6.47. The van der Waals surface area contributed by atoms with Gasteiger partial charge in [0.25, 0.3) is 0 Å². The number of ether oxygens (including phenoxy) is 1. The van der Waals surface area contributed by atoms with Crippen LogP contribution in [0, 0.1) is 18.3 Å². The summed E-state index contributed by atoms with van der Waals surface area (Å²) in [6.45, 7) is 3.16. The normalized spacial score (nSPS) is 11.3. The molecule has 4 heteroatoms. The van der Waals surface area contributed by atoms with E-state index in [4.69, 9.17) is 4.74 Å². The molecule has 0 radical (unpaired) electrons. The zero-order chi connectivity index (χ0) is 23.1. The molecule has 0 unspecified atom stereocenters. The summed E-state index contributed by atoms with van der Waals surface area (Å²) in [5.41, 5.74) is 7.18. The highest BCUT2D eigenvalue weighted by Crippen LogP contribution is 2.38. The van der Waals surface area contributed by atoms with Crippen molar-refractivity contribution in [1.82, 2.24) is 8.97 Å². The molecule has 0 spiro atoms. The maximum absolute atomic E-state index is 9.95. The number of para-hydroxylation sites is 1. The van der Waals surface area contributed by atoms with Crippen LogP contribution in [-0.2, 0) is 13.2 Å². The van der Waals surface area contributed by atoms with E-state index in [2.05, 4.69) is 71.4 Å². The lowest BCUT2D eigenvalue weighted by Crippen LogP contribution is -2.04. The topological polar surface area (TPSA) is 42.4 Å². The van der Waals surface area contributed by atoms with Crippen molar-refractivity contribution in [2.45, 2.75) is 20.1 Å². The second kappa shape index (κ2) is 8.13. The average Bonchev–Trinajstić information content (AvgIpc) is 3.39. The summed E-state index contributed by atoms with van der Waals surface area (Å²) in [5, 5.41) is 12.3. The Morgan fingerprint density at radius 2 is 1.47 bits per heavy atom. The molecule has 3 aromatic heterocycles. The molecule has 0 aliphatic heterocycles. The van der Waals surface area contributed by atoms with E-state index in [9.17, 15) is 5.26 Å². The molecule has 4 nitrogen and oxygen atoms in total. The fraction of sp³-hybridized carbons (Fsp3) is 0.100. The lowest BCUT2D eigenvalue weighted by atomic mass is 10.1. The van der Waals surface area contributed by atoms with Crippen LogP contribution in [0.1, 0.15) is 22.3 Å². The zero-order valence-electron chi connectivity index (χ0n) is 18.9. The SMILES string of the molecule is Cc1cc2c3c4ccccc4n(Cc4ccccc4)c3cn2c(OCc2ccccc2)c1C#N. The quantitative estimate of drug-likeness (QED) is 0.293. The molecule has 0 fully saturated rings. The van der Waals surface area contributed by atoms with Gasteiger partial charge in [-0.2, -0.15) is 5.26 Å². The minimum atomic E-state index is 0.404. The first kappa shape index (κ1) is 20.1. The third kappa shape index (κ3) is 3.22. The summed E-state index contributed by atoms with van der Waals surface area (Å²) < 4.78 is 10.7. The molecule has 0 N–H and O–H groups in total. The highest BCUT2D eigenvalue weighted by Gasteiger charge is 2.20. The molecule has 0 bridgehead atoms. The highest BCUT2D eigenvalue weighted by molar-refractivity contribution is 6.16. The Hall–Kier alpha value is -4.49. The van der Waals surface area contributed by atoms with Crippen LogP contribution in [0.4, 0.5) is 0 Å². The first-order valence-electron chi connectivity index (χ1n) is 11.4. The van der Waals surface area contributed by atoms with Gasteiger partial charge in [-0.1, -0.05) is 78.9 Å². The summed E-state index contributed by atoms with van der Waals surface area (Å²) >= 11 is 0. The molecule has 0 aliphatic carbocycles. The van der Waals surface area contributed by atoms with E-state index in [0.717, 1.165) is 28.7 Å². The van der Waals surface area contributed by atoms with Crippen LogP contribution < -0.4 is 4.74 Å². The second-order valence-corrected chi connectivity index (χ2v) is 8.63. The fourth-order valence-electron chi connectivity index (χ4n) is 4.85. The minimum absolute atomic E-state index is 0.404. The smallest absolute Gasteiger partial charge is 0.217 e. The van der Waals surface area contributed by atoms with Gasteiger partial charge in [-0.25, -0.2) is 0 Å². The molecular formula is C30H23N3O. The molecular weight excluding hydrogens is 418 g/mol. The standard InChI is InChI=1S/C30H23N3O/c1-21-16-27-29-24-14-8-9-15-26(24)32(18-22-10-4-2-5-11-22)28(29)19-33(27)30(25(21)17-31)34-20-23-12-6-3-7-13-23/h2-16,19H,18,20H2,1H3. The molecule has 34 heavy (non-hydrogen) atoms. The Balaban J connectivity index is 1.60. The molecule has 3 aromatic carbocycles. The van der Waals surface area contributed by atoms with Gasteiger partial charge < -0.3 is 9.30 Å². The van der Waals surface area contributed by atoms with Crippen molar-refractivity contribution < 1.29 is 4.74 Å². The summed E-state index contributed by atoms with van der Waals surface area (Å²) in [4.78, 5) is 0. The van der Waals surface area contributed by atoms with Crippen LogP contribution in [0.5, 0.6) is 5.88 Å². The van der Waals surface area contributed by atoms with Crippen molar-refractivity contribution in [3.05, 3.63) is 119 Å². The number of aryl methyl sites for hydroxylation is 1. The Bertz CT molecular complexity index is 1690. The van der Waals surface area contributed by atoms with Gasteiger partial charge in [0.05, 0.1) is 11.0 Å². The van der Waals surface area contributed by atoms with E-state index >= 15 is 0 Å². The number of fused-ring (bicyclic) bond motifs is 5. The summed E-state index contributed by atoms with van der Waals surface area (Å²) in [6, 6.07) is 33.6. The lowest BCUT2D eigenvalue weighted by Gasteiger charge is -2.13. The van der Waals surface area contributed by atoms with Gasteiger partial charge >= 0.3 is 0 Å². The van der Waals surface area contributed by atoms with Crippen LogP contribution in [0.3, 0.4) is 0 Å². The summed E-state index contributed by atoms with van der Waals surface area (Å²) in [6.07, 6.45) is 2.12. The largest absolute Gasteiger partial charge is 0.473 e. The van der Waals surface area contributed by atoms with Crippen LogP contribution in [-0.4, -0.2) is 8.97 Å². The van der Waals surface area contributed by atoms with Gasteiger partial charge in [-0.15, -0.1) is 0 Å². The van der Waals surface area contributed by atoms with Crippen molar-refractivity contribution in [3.63, 3.8) is 0 Å². The van der Waals surface area contributed by atoms with Crippen molar-refractivity contribution >= 4 is 27.3 Å². The van der Waals surface area contributed by atoms with Gasteiger partial charge in [0.2, 0.25) is 5.88 Å². The third-order valence-corrected chi connectivity index (χ3v) is 6.47. The average molecular weight is 442 g/mol. The maximum Gasteiger partial charge on any atom is 0.217 e. The molecule has 0 atom stereocenters. The molecule has 0 saturated heterocycles. The maximum atomic E-state index is 9.95. The monoisotopic (exact) mass is 441 g/mol. The number of nitriles is 1. The van der Waals surface area contributed by atoms with Crippen molar-refractivity contribution in [2.24, 2.45) is 0 Å². The number of rotatable bonds is 5. The van der Waals surface area contributed by atoms with Gasteiger partial charge in [-0.3, -0.25) is 4.40 Å². The lowest BCUT2D eigenvalue weighted by molar-refractivity contribution is 0.289. The van der Waals surface area contributed by atoms with Gasteiger partial charge in [-0.05, 0) is 35.7 Å². The molecule has 164 valence electrons. The molecule has 0 aliphatic rings. The van der Waals surface area contributed by atoms with E-state index in [1.807, 2.05) is 47.7 Å². The van der Waals surface area contributed by atoms with Crippen LogP contribution in [0.15, 0.2) is 97.2 Å². The van der Waals surface area contributed by atoms with E-state index in [-0.39, 0.29) is 0 Å². The van der Waals surface area contributed by atoms with Crippen molar-refractivity contribution in [3.8, 4) is 11.9 Å². The number of pyridine rings is 1.